The lowest BCUT2D eigenvalue weighted by Gasteiger charge is -2.16. The zero-order chi connectivity index (χ0) is 19.6. The topological polar surface area (TPSA) is 48.3 Å². The number of imidazole rings is 1. The molecule has 0 bridgehead atoms. The van der Waals surface area contributed by atoms with Crippen LogP contribution >= 0.6 is 28.3 Å². The number of rotatable bonds is 11. The van der Waals surface area contributed by atoms with Crippen molar-refractivity contribution in [3.05, 3.63) is 76.8 Å². The summed E-state index contributed by atoms with van der Waals surface area (Å²) in [5, 5.41) is 3.49. The van der Waals surface area contributed by atoms with Gasteiger partial charge >= 0.3 is 0 Å². The molecule has 3 rings (SSSR count). The van der Waals surface area contributed by atoms with Crippen LogP contribution in [0.3, 0.4) is 0 Å². The quantitative estimate of drug-likeness (QED) is 0.382. The highest BCUT2D eigenvalue weighted by molar-refractivity contribution is 9.10. The Hall–Kier alpha value is -2.02. The molecule has 0 atom stereocenters. The van der Waals surface area contributed by atoms with Gasteiger partial charge in [0.1, 0.15) is 6.61 Å². The summed E-state index contributed by atoms with van der Waals surface area (Å²) in [6.07, 6.45) is 6.69. The first kappa shape index (κ1) is 23.3. The predicted octanol–water partition coefficient (Wildman–Crippen LogP) is 5.23. The summed E-state index contributed by atoms with van der Waals surface area (Å²) in [6.45, 7) is 5.76. The minimum atomic E-state index is 0. The van der Waals surface area contributed by atoms with Crippen LogP contribution in [-0.4, -0.2) is 22.7 Å². The molecule has 1 heterocycles. The Morgan fingerprint density at radius 3 is 2.66 bits per heavy atom. The van der Waals surface area contributed by atoms with E-state index in [1.165, 1.54) is 0 Å². The fraction of sp³-hybridized carbons (Fsp3) is 0.318. The molecule has 0 aliphatic carbocycles. The number of halogens is 2. The van der Waals surface area contributed by atoms with Crippen LogP contribution in [0.25, 0.3) is 0 Å². The maximum absolute atomic E-state index is 6.04. The van der Waals surface area contributed by atoms with Crippen molar-refractivity contribution in [1.29, 1.82) is 0 Å². The smallest absolute Gasteiger partial charge is 0.175 e. The molecule has 0 spiro atoms. The molecule has 7 heteroatoms. The van der Waals surface area contributed by atoms with Crippen molar-refractivity contribution < 1.29 is 9.47 Å². The van der Waals surface area contributed by atoms with Crippen molar-refractivity contribution >= 4 is 28.3 Å². The maximum atomic E-state index is 6.04. The molecule has 1 N–H and O–H groups in total. The van der Waals surface area contributed by atoms with E-state index >= 15 is 0 Å². The molecule has 29 heavy (non-hydrogen) atoms. The van der Waals surface area contributed by atoms with Crippen LogP contribution in [0.5, 0.6) is 11.5 Å². The van der Waals surface area contributed by atoms with Gasteiger partial charge in [-0.15, -0.1) is 12.4 Å². The number of hydrogen-bond acceptors (Lipinski definition) is 4. The summed E-state index contributed by atoms with van der Waals surface area (Å²) < 4.78 is 14.9. The first-order valence-electron chi connectivity index (χ1n) is 9.54. The Morgan fingerprint density at radius 2 is 1.93 bits per heavy atom. The summed E-state index contributed by atoms with van der Waals surface area (Å²) in [5.74, 6) is 1.51. The summed E-state index contributed by atoms with van der Waals surface area (Å²) in [4.78, 5) is 4.06. The van der Waals surface area contributed by atoms with E-state index in [0.29, 0.717) is 13.2 Å². The fourth-order valence-corrected chi connectivity index (χ4v) is 3.50. The average molecular weight is 481 g/mol. The van der Waals surface area contributed by atoms with Gasteiger partial charge in [0.25, 0.3) is 0 Å². The molecule has 0 unspecified atom stereocenters. The minimum absolute atomic E-state index is 0. The van der Waals surface area contributed by atoms with Gasteiger partial charge in [-0.3, -0.25) is 0 Å². The number of nitrogens with zero attached hydrogens (tertiary/aromatic N) is 2. The summed E-state index contributed by atoms with van der Waals surface area (Å²) in [5.41, 5.74) is 2.28. The lowest BCUT2D eigenvalue weighted by Crippen LogP contribution is -2.16. The van der Waals surface area contributed by atoms with Crippen molar-refractivity contribution in [2.24, 2.45) is 0 Å². The molecule has 0 aliphatic rings. The van der Waals surface area contributed by atoms with Crippen LogP contribution < -0.4 is 14.8 Å². The van der Waals surface area contributed by atoms with Crippen LogP contribution in [0.4, 0.5) is 0 Å². The molecule has 5 nitrogen and oxygen atoms in total. The number of benzene rings is 2. The Kier molecular flexibility index (Phi) is 10.0. The highest BCUT2D eigenvalue weighted by atomic mass is 79.9. The number of ether oxygens (including phenoxy) is 2. The summed E-state index contributed by atoms with van der Waals surface area (Å²) >= 11 is 3.65. The number of nitrogens with one attached hydrogen (secondary N) is 1. The first-order valence-corrected chi connectivity index (χ1v) is 10.3. The average Bonchev–Trinajstić information content (AvgIpc) is 3.22. The molecular weight excluding hydrogens is 454 g/mol. The van der Waals surface area contributed by atoms with E-state index in [1.54, 1.807) is 0 Å². The van der Waals surface area contributed by atoms with Gasteiger partial charge in [0.15, 0.2) is 11.5 Å². The van der Waals surface area contributed by atoms with E-state index in [9.17, 15) is 0 Å². The second-order valence-corrected chi connectivity index (χ2v) is 7.30. The van der Waals surface area contributed by atoms with E-state index in [1.807, 2.05) is 43.8 Å². The van der Waals surface area contributed by atoms with E-state index in [0.717, 1.165) is 53.2 Å². The normalized spacial score (nSPS) is 10.4. The van der Waals surface area contributed by atoms with Gasteiger partial charge < -0.3 is 19.4 Å². The predicted molar refractivity (Wildman–Crippen MR) is 122 cm³/mol. The van der Waals surface area contributed by atoms with E-state index in [-0.39, 0.29) is 12.4 Å². The van der Waals surface area contributed by atoms with Crippen LogP contribution in [-0.2, 0) is 19.7 Å². The second kappa shape index (κ2) is 12.5. The molecule has 0 radical (unpaired) electrons. The zero-order valence-electron chi connectivity index (χ0n) is 16.5. The van der Waals surface area contributed by atoms with Crippen molar-refractivity contribution in [1.82, 2.24) is 14.9 Å². The number of aryl methyl sites for hydroxylation is 1. The fourth-order valence-electron chi connectivity index (χ4n) is 2.89. The Labute approximate surface area is 187 Å². The monoisotopic (exact) mass is 479 g/mol. The van der Waals surface area contributed by atoms with E-state index in [4.69, 9.17) is 9.47 Å². The van der Waals surface area contributed by atoms with Crippen LogP contribution in [0.2, 0.25) is 0 Å². The number of aromatic nitrogens is 2. The lowest BCUT2D eigenvalue weighted by atomic mass is 10.2. The van der Waals surface area contributed by atoms with E-state index in [2.05, 4.69) is 55.1 Å². The Bertz CT molecular complexity index is 845. The van der Waals surface area contributed by atoms with Gasteiger partial charge in [0.2, 0.25) is 0 Å². The van der Waals surface area contributed by atoms with Crippen molar-refractivity contribution in [2.45, 2.75) is 33.0 Å². The number of hydrogen-bond donors (Lipinski definition) is 1. The third-order valence-corrected chi connectivity index (χ3v) is 4.84. The molecule has 0 amide bonds. The molecule has 0 saturated heterocycles. The largest absolute Gasteiger partial charge is 0.490 e. The van der Waals surface area contributed by atoms with Crippen LogP contribution in [0.15, 0.2) is 65.7 Å². The standard InChI is InChI=1S/C22H26BrN3O2.ClH/c1-2-27-21-14-19(15-24-9-6-11-26-12-10-25-17-26)13-20(23)22(21)28-16-18-7-4-3-5-8-18;/h3-5,7-8,10,12-14,17,24H,2,6,9,11,15-16H2,1H3;1H. The second-order valence-electron chi connectivity index (χ2n) is 6.44. The van der Waals surface area contributed by atoms with Gasteiger partial charge in [-0.05, 0) is 59.1 Å². The molecule has 3 aromatic rings. The molecule has 2 aromatic carbocycles. The minimum Gasteiger partial charge on any atom is -0.490 e. The molecule has 0 aliphatic heterocycles. The SMILES string of the molecule is CCOc1cc(CNCCCn2ccnc2)cc(Br)c1OCc1ccccc1.Cl. The summed E-state index contributed by atoms with van der Waals surface area (Å²) in [6, 6.07) is 14.3. The van der Waals surface area contributed by atoms with Gasteiger partial charge in [0.05, 0.1) is 17.4 Å². The molecule has 0 saturated carbocycles. The van der Waals surface area contributed by atoms with Crippen LogP contribution in [0, 0.1) is 0 Å². The van der Waals surface area contributed by atoms with Crippen molar-refractivity contribution in [3.63, 3.8) is 0 Å². The van der Waals surface area contributed by atoms with Gasteiger partial charge in [-0.25, -0.2) is 4.98 Å². The van der Waals surface area contributed by atoms with Gasteiger partial charge in [-0.1, -0.05) is 30.3 Å². The molecule has 0 fully saturated rings. The van der Waals surface area contributed by atoms with Crippen LogP contribution in [0.1, 0.15) is 24.5 Å². The van der Waals surface area contributed by atoms with E-state index < -0.39 is 0 Å². The molecular formula is C22H27BrClN3O2. The highest BCUT2D eigenvalue weighted by Gasteiger charge is 2.12. The highest BCUT2D eigenvalue weighted by Crippen LogP contribution is 2.37. The Balaban J connectivity index is 0.00000300. The summed E-state index contributed by atoms with van der Waals surface area (Å²) in [7, 11) is 0. The zero-order valence-corrected chi connectivity index (χ0v) is 18.9. The van der Waals surface area contributed by atoms with Crippen molar-refractivity contribution in [3.8, 4) is 11.5 Å². The van der Waals surface area contributed by atoms with Gasteiger partial charge in [-0.2, -0.15) is 0 Å². The lowest BCUT2D eigenvalue weighted by molar-refractivity contribution is 0.267. The van der Waals surface area contributed by atoms with Crippen molar-refractivity contribution in [2.75, 3.05) is 13.2 Å². The Morgan fingerprint density at radius 1 is 1.10 bits per heavy atom. The first-order chi connectivity index (χ1) is 13.8. The molecule has 156 valence electrons. The third kappa shape index (κ3) is 7.38. The molecule has 1 aromatic heterocycles. The van der Waals surface area contributed by atoms with Gasteiger partial charge in [0, 0.05) is 25.5 Å². The third-order valence-electron chi connectivity index (χ3n) is 4.25. The maximum Gasteiger partial charge on any atom is 0.175 e.